The van der Waals surface area contributed by atoms with Gasteiger partial charge in [-0.3, -0.25) is 4.90 Å². The van der Waals surface area contributed by atoms with Crippen LogP contribution in [-0.2, 0) is 16.6 Å². The first-order chi connectivity index (χ1) is 14.5. The minimum atomic E-state index is -3.48. The van der Waals surface area contributed by atoms with Crippen LogP contribution in [0.25, 0.3) is 11.1 Å². The molecule has 156 valence electrons. The second kappa shape index (κ2) is 8.91. The SMILES string of the molecule is Nc1ncc(-c2ccccc2CN2CCC(NS(=O)(=O)c3ccccc3)CC2)cn1. The molecule has 1 aliphatic heterocycles. The van der Waals surface area contributed by atoms with Crippen LogP contribution in [0, 0.1) is 0 Å². The fraction of sp³-hybridized carbons (Fsp3) is 0.273. The van der Waals surface area contributed by atoms with Crippen molar-refractivity contribution in [2.75, 3.05) is 18.8 Å². The van der Waals surface area contributed by atoms with Crippen LogP contribution in [0.15, 0.2) is 71.9 Å². The number of benzene rings is 2. The lowest BCUT2D eigenvalue weighted by molar-refractivity contribution is 0.200. The molecule has 7 nitrogen and oxygen atoms in total. The molecule has 8 heteroatoms. The number of aromatic nitrogens is 2. The van der Waals surface area contributed by atoms with Gasteiger partial charge in [0, 0.05) is 43.6 Å². The van der Waals surface area contributed by atoms with Gasteiger partial charge < -0.3 is 5.73 Å². The average molecular weight is 424 g/mol. The van der Waals surface area contributed by atoms with Crippen molar-refractivity contribution in [3.05, 3.63) is 72.6 Å². The topological polar surface area (TPSA) is 101 Å². The Morgan fingerprint density at radius 2 is 1.60 bits per heavy atom. The zero-order chi connectivity index (χ0) is 21.0. The number of sulfonamides is 1. The average Bonchev–Trinajstić information content (AvgIpc) is 2.77. The summed E-state index contributed by atoms with van der Waals surface area (Å²) in [5.74, 6) is 0.260. The summed E-state index contributed by atoms with van der Waals surface area (Å²) >= 11 is 0. The predicted octanol–water partition coefficient (Wildman–Crippen LogP) is 2.67. The van der Waals surface area contributed by atoms with E-state index in [1.165, 1.54) is 5.56 Å². The lowest BCUT2D eigenvalue weighted by Crippen LogP contribution is -2.44. The fourth-order valence-electron chi connectivity index (χ4n) is 3.75. The Labute approximate surface area is 177 Å². The van der Waals surface area contributed by atoms with Crippen molar-refractivity contribution in [2.24, 2.45) is 0 Å². The third-order valence-electron chi connectivity index (χ3n) is 5.36. The zero-order valence-electron chi connectivity index (χ0n) is 16.6. The molecule has 1 fully saturated rings. The maximum atomic E-state index is 12.6. The highest BCUT2D eigenvalue weighted by atomic mass is 32.2. The minimum Gasteiger partial charge on any atom is -0.368 e. The molecule has 4 rings (SSSR count). The van der Waals surface area contributed by atoms with E-state index in [2.05, 4.69) is 31.7 Å². The molecular weight excluding hydrogens is 398 g/mol. The highest BCUT2D eigenvalue weighted by molar-refractivity contribution is 7.89. The molecule has 3 aromatic rings. The lowest BCUT2D eigenvalue weighted by atomic mass is 10.00. The number of nitrogens with one attached hydrogen (secondary N) is 1. The van der Waals surface area contributed by atoms with Crippen molar-refractivity contribution in [3.8, 4) is 11.1 Å². The number of likely N-dealkylation sites (tertiary alicyclic amines) is 1. The molecule has 0 bridgehead atoms. The molecule has 1 aliphatic rings. The highest BCUT2D eigenvalue weighted by Crippen LogP contribution is 2.25. The smallest absolute Gasteiger partial charge is 0.240 e. The third-order valence-corrected chi connectivity index (χ3v) is 6.89. The van der Waals surface area contributed by atoms with E-state index in [4.69, 9.17) is 5.73 Å². The summed E-state index contributed by atoms with van der Waals surface area (Å²) in [6.07, 6.45) is 5.04. The number of nitrogens with zero attached hydrogens (tertiary/aromatic N) is 3. The first kappa shape index (κ1) is 20.5. The third kappa shape index (κ3) is 4.84. The number of nitrogens with two attached hydrogens (primary N) is 1. The number of hydrogen-bond donors (Lipinski definition) is 2. The number of rotatable bonds is 6. The van der Waals surface area contributed by atoms with Gasteiger partial charge in [0.1, 0.15) is 0 Å². The van der Waals surface area contributed by atoms with Crippen molar-refractivity contribution in [1.82, 2.24) is 19.6 Å². The molecule has 2 heterocycles. The van der Waals surface area contributed by atoms with E-state index in [1.807, 2.05) is 18.2 Å². The van der Waals surface area contributed by atoms with Gasteiger partial charge in [0.25, 0.3) is 0 Å². The van der Waals surface area contributed by atoms with E-state index in [9.17, 15) is 8.42 Å². The van der Waals surface area contributed by atoms with Gasteiger partial charge in [0.15, 0.2) is 0 Å². The highest BCUT2D eigenvalue weighted by Gasteiger charge is 2.25. The van der Waals surface area contributed by atoms with Crippen molar-refractivity contribution in [3.63, 3.8) is 0 Å². The van der Waals surface area contributed by atoms with Crippen LogP contribution < -0.4 is 10.5 Å². The molecule has 2 aromatic carbocycles. The Kier molecular flexibility index (Phi) is 6.08. The van der Waals surface area contributed by atoms with Gasteiger partial charge in [0.2, 0.25) is 16.0 Å². The van der Waals surface area contributed by atoms with E-state index in [0.29, 0.717) is 4.90 Å². The van der Waals surface area contributed by atoms with Crippen LogP contribution in [0.3, 0.4) is 0 Å². The summed E-state index contributed by atoms with van der Waals surface area (Å²) in [6, 6.07) is 16.7. The Hall–Kier alpha value is -2.81. The van der Waals surface area contributed by atoms with E-state index in [0.717, 1.165) is 43.6 Å². The molecule has 0 saturated carbocycles. The molecule has 0 aliphatic carbocycles. The summed E-state index contributed by atoms with van der Waals surface area (Å²) in [5, 5.41) is 0. The van der Waals surface area contributed by atoms with Crippen molar-refractivity contribution >= 4 is 16.0 Å². The molecule has 1 aromatic heterocycles. The Bertz CT molecular complexity index is 1080. The molecule has 30 heavy (non-hydrogen) atoms. The molecular formula is C22H25N5O2S. The monoisotopic (exact) mass is 423 g/mol. The van der Waals surface area contributed by atoms with Crippen molar-refractivity contribution in [2.45, 2.75) is 30.3 Å². The zero-order valence-corrected chi connectivity index (χ0v) is 17.4. The number of piperidine rings is 1. The first-order valence-corrected chi connectivity index (χ1v) is 11.4. The van der Waals surface area contributed by atoms with E-state index >= 15 is 0 Å². The van der Waals surface area contributed by atoms with Crippen LogP contribution >= 0.6 is 0 Å². The Balaban J connectivity index is 1.38. The van der Waals surface area contributed by atoms with Gasteiger partial charge in [-0.1, -0.05) is 42.5 Å². The number of hydrogen-bond acceptors (Lipinski definition) is 6. The summed E-state index contributed by atoms with van der Waals surface area (Å²) < 4.78 is 28.0. The first-order valence-electron chi connectivity index (χ1n) is 9.97. The van der Waals surface area contributed by atoms with E-state index < -0.39 is 10.0 Å². The van der Waals surface area contributed by atoms with Gasteiger partial charge in [-0.2, -0.15) is 0 Å². The Morgan fingerprint density at radius 1 is 0.967 bits per heavy atom. The number of anilines is 1. The molecule has 0 unspecified atom stereocenters. The minimum absolute atomic E-state index is 0.0489. The van der Waals surface area contributed by atoms with Gasteiger partial charge in [-0.25, -0.2) is 23.1 Å². The Morgan fingerprint density at radius 3 is 2.30 bits per heavy atom. The van der Waals surface area contributed by atoms with Gasteiger partial charge in [-0.15, -0.1) is 0 Å². The fourth-order valence-corrected chi connectivity index (χ4v) is 5.08. The summed E-state index contributed by atoms with van der Waals surface area (Å²) in [6.45, 7) is 2.45. The van der Waals surface area contributed by atoms with Gasteiger partial charge in [0.05, 0.1) is 4.90 Å². The second-order valence-electron chi connectivity index (χ2n) is 7.47. The maximum Gasteiger partial charge on any atom is 0.240 e. The van der Waals surface area contributed by atoms with Gasteiger partial charge in [-0.05, 0) is 36.1 Å². The van der Waals surface area contributed by atoms with E-state index in [-0.39, 0.29) is 12.0 Å². The molecule has 0 spiro atoms. The van der Waals surface area contributed by atoms with Crippen LogP contribution in [0.4, 0.5) is 5.95 Å². The van der Waals surface area contributed by atoms with Crippen LogP contribution in [0.1, 0.15) is 18.4 Å². The molecule has 3 N–H and O–H groups in total. The van der Waals surface area contributed by atoms with Crippen LogP contribution in [0.2, 0.25) is 0 Å². The number of nitrogen functional groups attached to an aromatic ring is 1. The molecule has 0 radical (unpaired) electrons. The normalized spacial score (nSPS) is 15.9. The maximum absolute atomic E-state index is 12.6. The molecule has 0 amide bonds. The summed E-state index contributed by atoms with van der Waals surface area (Å²) in [7, 11) is -3.48. The van der Waals surface area contributed by atoms with Gasteiger partial charge >= 0.3 is 0 Å². The largest absolute Gasteiger partial charge is 0.368 e. The summed E-state index contributed by atoms with van der Waals surface area (Å²) in [5.41, 5.74) is 8.82. The molecule has 1 saturated heterocycles. The predicted molar refractivity (Wildman–Crippen MR) is 117 cm³/mol. The molecule has 0 atom stereocenters. The second-order valence-corrected chi connectivity index (χ2v) is 9.19. The lowest BCUT2D eigenvalue weighted by Gasteiger charge is -2.32. The van der Waals surface area contributed by atoms with E-state index in [1.54, 1.807) is 36.7 Å². The van der Waals surface area contributed by atoms with Crippen molar-refractivity contribution in [1.29, 1.82) is 0 Å². The summed E-state index contributed by atoms with van der Waals surface area (Å²) in [4.78, 5) is 10.9. The quantitative estimate of drug-likeness (QED) is 0.632. The van der Waals surface area contributed by atoms with Crippen LogP contribution in [0.5, 0.6) is 0 Å². The standard InChI is InChI=1S/C22H25N5O2S/c23-22-24-14-18(15-25-22)21-9-5-4-6-17(21)16-27-12-10-19(11-13-27)26-30(28,29)20-7-2-1-3-8-20/h1-9,14-15,19,26H,10-13,16H2,(H2,23,24,25). The van der Waals surface area contributed by atoms with Crippen molar-refractivity contribution < 1.29 is 8.42 Å². The van der Waals surface area contributed by atoms with Crippen LogP contribution in [-0.4, -0.2) is 42.4 Å².